The highest BCUT2D eigenvalue weighted by atomic mass is 16.5. The molecule has 1 aromatic rings. The van der Waals surface area contributed by atoms with E-state index in [4.69, 9.17) is 4.74 Å². The number of ether oxygens (including phenoxy) is 1. The quantitative estimate of drug-likeness (QED) is 0.610. The molecule has 4 N–H and O–H groups in total. The monoisotopic (exact) mass is 282 g/mol. The van der Waals surface area contributed by atoms with Crippen LogP contribution in [0.2, 0.25) is 0 Å². The Morgan fingerprint density at radius 3 is 2.75 bits per heavy atom. The molecule has 0 aliphatic carbocycles. The highest BCUT2D eigenvalue weighted by Crippen LogP contribution is 2.29. The molecule has 8 nitrogen and oxygen atoms in total. The molecule has 0 saturated carbocycles. The molecule has 110 valence electrons. The van der Waals surface area contributed by atoms with Crippen LogP contribution < -0.4 is 10.6 Å². The molecule has 0 unspecified atom stereocenters. The smallest absolute Gasteiger partial charge is 0.315 e. The second-order valence-corrected chi connectivity index (χ2v) is 4.77. The van der Waals surface area contributed by atoms with Gasteiger partial charge < -0.3 is 25.5 Å². The van der Waals surface area contributed by atoms with Crippen LogP contribution in [0.1, 0.15) is 18.7 Å². The zero-order chi connectivity index (χ0) is 14.4. The normalized spacial score (nSPS) is 17.4. The van der Waals surface area contributed by atoms with E-state index in [0.717, 1.165) is 0 Å². The number of carbonyl (C=O) groups excluding carboxylic acids is 1. The number of aliphatic carboxylic acids is 1. The molecule has 1 aliphatic heterocycles. The lowest BCUT2D eigenvalue weighted by Crippen LogP contribution is -2.48. The molecule has 8 heteroatoms. The van der Waals surface area contributed by atoms with E-state index in [9.17, 15) is 14.7 Å². The molecule has 20 heavy (non-hydrogen) atoms. The molecule has 1 aliphatic rings. The summed E-state index contributed by atoms with van der Waals surface area (Å²) in [5, 5.41) is 14.6. The first kappa shape index (κ1) is 14.3. The van der Waals surface area contributed by atoms with E-state index in [-0.39, 0.29) is 13.1 Å². The van der Waals surface area contributed by atoms with Crippen molar-refractivity contribution in [3.05, 3.63) is 18.2 Å². The fourth-order valence-electron chi connectivity index (χ4n) is 2.10. The highest BCUT2D eigenvalue weighted by molar-refractivity contribution is 5.78. The summed E-state index contributed by atoms with van der Waals surface area (Å²) in [6.07, 6.45) is 4.06. The number of imidazole rings is 1. The Kier molecular flexibility index (Phi) is 4.57. The van der Waals surface area contributed by atoms with Gasteiger partial charge in [0, 0.05) is 32.2 Å². The molecule has 0 aromatic carbocycles. The molecule has 2 heterocycles. The van der Waals surface area contributed by atoms with Gasteiger partial charge in [0.25, 0.3) is 0 Å². The molecule has 0 atom stereocenters. The van der Waals surface area contributed by atoms with Crippen LogP contribution >= 0.6 is 0 Å². The minimum atomic E-state index is -0.930. The van der Waals surface area contributed by atoms with Crippen molar-refractivity contribution in [2.45, 2.75) is 19.4 Å². The third-order valence-corrected chi connectivity index (χ3v) is 3.46. The van der Waals surface area contributed by atoms with E-state index >= 15 is 0 Å². The number of carboxylic acids is 1. The molecular weight excluding hydrogens is 264 g/mol. The summed E-state index contributed by atoms with van der Waals surface area (Å²) in [7, 11) is 0. The number of hydrogen-bond donors (Lipinski definition) is 4. The second-order valence-electron chi connectivity index (χ2n) is 4.77. The van der Waals surface area contributed by atoms with Gasteiger partial charge in [-0.15, -0.1) is 0 Å². The van der Waals surface area contributed by atoms with Crippen molar-refractivity contribution in [3.8, 4) is 0 Å². The lowest BCUT2D eigenvalue weighted by molar-refractivity contribution is -0.154. The van der Waals surface area contributed by atoms with Crippen molar-refractivity contribution in [2.24, 2.45) is 5.41 Å². The number of urea groups is 1. The summed E-state index contributed by atoms with van der Waals surface area (Å²) < 4.78 is 5.17. The van der Waals surface area contributed by atoms with Gasteiger partial charge in [-0.25, -0.2) is 9.78 Å². The second kappa shape index (κ2) is 6.38. The van der Waals surface area contributed by atoms with Gasteiger partial charge in [0.15, 0.2) is 0 Å². The first-order chi connectivity index (χ1) is 9.62. The fourth-order valence-corrected chi connectivity index (χ4v) is 2.10. The zero-order valence-corrected chi connectivity index (χ0v) is 11.0. The molecule has 1 aromatic heterocycles. The largest absolute Gasteiger partial charge is 0.481 e. The standard InChI is InChI=1S/C12H18N4O4/c17-10(18)12(1-5-20-6-2-12)8-16-11(19)15-7-9-13-3-4-14-9/h3-4H,1-2,5-8H2,(H,13,14)(H,17,18)(H2,15,16,19). The lowest BCUT2D eigenvalue weighted by atomic mass is 9.80. The summed E-state index contributed by atoms with van der Waals surface area (Å²) in [6.45, 7) is 1.17. The van der Waals surface area contributed by atoms with Crippen LogP contribution in [-0.4, -0.2) is 46.8 Å². The van der Waals surface area contributed by atoms with Crippen LogP contribution in [0.15, 0.2) is 12.4 Å². The predicted molar refractivity (Wildman–Crippen MR) is 68.9 cm³/mol. The van der Waals surface area contributed by atoms with Gasteiger partial charge in [-0.3, -0.25) is 4.79 Å². The lowest BCUT2D eigenvalue weighted by Gasteiger charge is -2.33. The minimum Gasteiger partial charge on any atom is -0.481 e. The van der Waals surface area contributed by atoms with E-state index in [1.165, 1.54) is 0 Å². The Morgan fingerprint density at radius 2 is 2.15 bits per heavy atom. The van der Waals surface area contributed by atoms with Crippen molar-refractivity contribution in [1.29, 1.82) is 0 Å². The molecule has 2 amide bonds. The number of amides is 2. The Balaban J connectivity index is 1.80. The maximum atomic E-state index is 11.7. The van der Waals surface area contributed by atoms with Crippen LogP contribution in [0, 0.1) is 5.41 Å². The Morgan fingerprint density at radius 1 is 1.40 bits per heavy atom. The number of aromatic amines is 1. The molecule has 0 spiro atoms. The SMILES string of the molecule is O=C(NCc1ncc[nH]1)NCC1(C(=O)O)CCOCC1. The van der Waals surface area contributed by atoms with Crippen molar-refractivity contribution < 1.29 is 19.4 Å². The van der Waals surface area contributed by atoms with Crippen molar-refractivity contribution >= 4 is 12.0 Å². The fraction of sp³-hybridized carbons (Fsp3) is 0.583. The zero-order valence-electron chi connectivity index (χ0n) is 11.0. The van der Waals surface area contributed by atoms with Crippen LogP contribution in [0.5, 0.6) is 0 Å². The van der Waals surface area contributed by atoms with Crippen molar-refractivity contribution in [1.82, 2.24) is 20.6 Å². The van der Waals surface area contributed by atoms with Gasteiger partial charge in [0.2, 0.25) is 0 Å². The van der Waals surface area contributed by atoms with Crippen molar-refractivity contribution in [3.63, 3.8) is 0 Å². The van der Waals surface area contributed by atoms with Gasteiger partial charge in [0.1, 0.15) is 5.82 Å². The number of carbonyl (C=O) groups is 2. The summed E-state index contributed by atoms with van der Waals surface area (Å²) in [6, 6.07) is -0.409. The molecular formula is C12H18N4O4. The van der Waals surface area contributed by atoms with Gasteiger partial charge in [-0.2, -0.15) is 0 Å². The first-order valence-corrected chi connectivity index (χ1v) is 6.43. The topological polar surface area (TPSA) is 116 Å². The van der Waals surface area contributed by atoms with Gasteiger partial charge in [-0.1, -0.05) is 0 Å². The predicted octanol–water partition coefficient (Wildman–Crippen LogP) is 0.0903. The van der Waals surface area contributed by atoms with Crippen LogP contribution in [-0.2, 0) is 16.1 Å². The summed E-state index contributed by atoms with van der Waals surface area (Å²) in [5.41, 5.74) is -0.930. The number of nitrogens with one attached hydrogen (secondary N) is 3. The van der Waals surface area contributed by atoms with Gasteiger partial charge in [0.05, 0.1) is 12.0 Å². The van der Waals surface area contributed by atoms with Crippen molar-refractivity contribution in [2.75, 3.05) is 19.8 Å². The third-order valence-electron chi connectivity index (χ3n) is 3.46. The van der Waals surface area contributed by atoms with E-state index in [2.05, 4.69) is 20.6 Å². The summed E-state index contributed by atoms with van der Waals surface area (Å²) in [5.74, 6) is -0.258. The summed E-state index contributed by atoms with van der Waals surface area (Å²) in [4.78, 5) is 29.9. The van der Waals surface area contributed by atoms with Gasteiger partial charge >= 0.3 is 12.0 Å². The third kappa shape index (κ3) is 3.47. The van der Waals surface area contributed by atoms with E-state index in [1.807, 2.05) is 0 Å². The average molecular weight is 282 g/mol. The van der Waals surface area contributed by atoms with E-state index in [1.54, 1.807) is 12.4 Å². The Labute approximate surface area is 115 Å². The minimum absolute atomic E-state index is 0.0929. The Bertz CT molecular complexity index is 454. The maximum Gasteiger partial charge on any atom is 0.315 e. The summed E-state index contributed by atoms with van der Waals surface area (Å²) >= 11 is 0. The molecule has 0 radical (unpaired) electrons. The van der Waals surface area contributed by atoms with E-state index < -0.39 is 17.4 Å². The highest BCUT2D eigenvalue weighted by Gasteiger charge is 2.40. The van der Waals surface area contributed by atoms with Crippen LogP contribution in [0.3, 0.4) is 0 Å². The first-order valence-electron chi connectivity index (χ1n) is 6.43. The number of nitrogens with zero attached hydrogens (tertiary/aromatic N) is 1. The Hall–Kier alpha value is -2.09. The average Bonchev–Trinajstić information content (AvgIpc) is 2.97. The number of rotatable bonds is 5. The molecule has 1 fully saturated rings. The van der Waals surface area contributed by atoms with Crippen LogP contribution in [0.25, 0.3) is 0 Å². The van der Waals surface area contributed by atoms with E-state index in [0.29, 0.717) is 31.9 Å². The number of H-pyrrole nitrogens is 1. The molecule has 1 saturated heterocycles. The number of hydrogen-bond acceptors (Lipinski definition) is 4. The van der Waals surface area contributed by atoms with Crippen LogP contribution in [0.4, 0.5) is 4.79 Å². The number of carboxylic acid groups (broad SMARTS) is 1. The van der Waals surface area contributed by atoms with Gasteiger partial charge in [-0.05, 0) is 12.8 Å². The number of aromatic nitrogens is 2. The molecule has 2 rings (SSSR count). The maximum absolute atomic E-state index is 11.7. The molecule has 0 bridgehead atoms.